The molecule has 0 spiro atoms. The Balaban J connectivity index is 2.66. The molecule has 0 unspecified atom stereocenters. The van der Waals surface area contributed by atoms with E-state index in [9.17, 15) is 0 Å². The third-order valence-electron chi connectivity index (χ3n) is 2.81. The van der Waals surface area contributed by atoms with Gasteiger partial charge < -0.3 is 5.32 Å². The summed E-state index contributed by atoms with van der Waals surface area (Å²) in [5, 5.41) is 3.12. The predicted octanol–water partition coefficient (Wildman–Crippen LogP) is 4.25. The smallest absolute Gasteiger partial charge is 0.144 e. The summed E-state index contributed by atoms with van der Waals surface area (Å²) < 4.78 is 0.897. The summed E-state index contributed by atoms with van der Waals surface area (Å²) in [6.45, 7) is 6.35. The molecular weight excluding hydrogens is 302 g/mol. The Morgan fingerprint density at radius 3 is 2.21 bits per heavy atom. The van der Waals surface area contributed by atoms with Crippen molar-refractivity contribution in [1.82, 2.24) is 9.97 Å². The van der Waals surface area contributed by atoms with Crippen LogP contribution in [-0.2, 0) is 5.41 Å². The molecule has 0 aliphatic rings. The van der Waals surface area contributed by atoms with Crippen LogP contribution in [0, 0.1) is 0 Å². The molecule has 3 nitrogen and oxygen atoms in total. The minimum absolute atomic E-state index is 0.0875. The van der Waals surface area contributed by atoms with Gasteiger partial charge in [0.15, 0.2) is 0 Å². The van der Waals surface area contributed by atoms with Gasteiger partial charge in [-0.1, -0.05) is 51.1 Å². The van der Waals surface area contributed by atoms with Crippen molar-refractivity contribution in [2.45, 2.75) is 26.2 Å². The van der Waals surface area contributed by atoms with Gasteiger partial charge in [-0.2, -0.15) is 0 Å². The number of nitrogens with one attached hydrogen (secondary N) is 1. The Labute approximate surface area is 122 Å². The van der Waals surface area contributed by atoms with Gasteiger partial charge in [-0.05, 0) is 15.9 Å². The average Bonchev–Trinajstić information content (AvgIpc) is 2.38. The lowest BCUT2D eigenvalue weighted by atomic mass is 9.95. The molecule has 0 amide bonds. The van der Waals surface area contributed by atoms with Crippen molar-refractivity contribution in [3.05, 3.63) is 40.6 Å². The summed E-state index contributed by atoms with van der Waals surface area (Å²) >= 11 is 3.59. The molecule has 100 valence electrons. The lowest BCUT2D eigenvalue weighted by molar-refractivity contribution is 0.546. The molecule has 0 saturated heterocycles. The van der Waals surface area contributed by atoms with Crippen LogP contribution in [0.3, 0.4) is 0 Å². The third-order valence-corrected chi connectivity index (χ3v) is 3.56. The molecule has 1 aromatic heterocycles. The second kappa shape index (κ2) is 5.29. The van der Waals surface area contributed by atoms with Crippen molar-refractivity contribution in [1.29, 1.82) is 0 Å². The number of benzene rings is 1. The summed E-state index contributed by atoms with van der Waals surface area (Å²) in [4.78, 5) is 9.30. The highest BCUT2D eigenvalue weighted by molar-refractivity contribution is 9.10. The first-order valence-electron chi connectivity index (χ1n) is 6.24. The number of anilines is 1. The van der Waals surface area contributed by atoms with Gasteiger partial charge in [0.1, 0.15) is 11.6 Å². The second-order valence-electron chi connectivity index (χ2n) is 5.42. The van der Waals surface area contributed by atoms with E-state index in [4.69, 9.17) is 4.98 Å². The van der Waals surface area contributed by atoms with Crippen LogP contribution in [0.25, 0.3) is 11.3 Å². The molecule has 19 heavy (non-hydrogen) atoms. The first-order valence-corrected chi connectivity index (χ1v) is 7.04. The van der Waals surface area contributed by atoms with E-state index in [1.54, 1.807) is 0 Å². The summed E-state index contributed by atoms with van der Waals surface area (Å²) in [6, 6.07) is 10.1. The van der Waals surface area contributed by atoms with Crippen LogP contribution in [0.1, 0.15) is 26.6 Å². The summed E-state index contributed by atoms with van der Waals surface area (Å²) in [5.41, 5.74) is 1.92. The molecule has 2 aromatic rings. The van der Waals surface area contributed by atoms with Crippen molar-refractivity contribution in [3.8, 4) is 11.3 Å². The fourth-order valence-electron chi connectivity index (χ4n) is 1.74. The van der Waals surface area contributed by atoms with E-state index in [0.717, 1.165) is 27.4 Å². The fraction of sp³-hybridized carbons (Fsp3) is 0.333. The lowest BCUT2D eigenvalue weighted by Crippen LogP contribution is -2.17. The quantitative estimate of drug-likeness (QED) is 0.899. The molecule has 0 atom stereocenters. The zero-order chi connectivity index (χ0) is 14.0. The summed E-state index contributed by atoms with van der Waals surface area (Å²) in [5.74, 6) is 1.65. The molecule has 1 N–H and O–H groups in total. The van der Waals surface area contributed by atoms with Crippen LogP contribution >= 0.6 is 15.9 Å². The topological polar surface area (TPSA) is 37.8 Å². The third kappa shape index (κ3) is 2.95. The molecule has 0 saturated carbocycles. The Morgan fingerprint density at radius 2 is 1.68 bits per heavy atom. The first-order chi connectivity index (χ1) is 8.93. The number of nitrogens with zero attached hydrogens (tertiary/aromatic N) is 2. The Hall–Kier alpha value is -1.42. The molecule has 0 bridgehead atoms. The predicted molar refractivity (Wildman–Crippen MR) is 83.4 cm³/mol. The molecular formula is C15H18BrN3. The van der Waals surface area contributed by atoms with E-state index >= 15 is 0 Å². The van der Waals surface area contributed by atoms with Gasteiger partial charge in [-0.3, -0.25) is 0 Å². The SMILES string of the molecule is CNc1nc(C(C)(C)C)nc(-c2ccccc2)c1Br. The highest BCUT2D eigenvalue weighted by Gasteiger charge is 2.21. The monoisotopic (exact) mass is 319 g/mol. The maximum atomic E-state index is 4.72. The van der Waals surface area contributed by atoms with Gasteiger partial charge in [0.2, 0.25) is 0 Å². The first kappa shape index (κ1) is 14.0. The number of hydrogen-bond acceptors (Lipinski definition) is 3. The molecule has 1 aromatic carbocycles. The molecule has 2 rings (SSSR count). The molecule has 0 aliphatic heterocycles. The van der Waals surface area contributed by atoms with Crippen molar-refractivity contribution in [2.24, 2.45) is 0 Å². The maximum absolute atomic E-state index is 4.72. The van der Waals surface area contributed by atoms with Gasteiger partial charge in [0, 0.05) is 18.0 Å². The molecule has 0 radical (unpaired) electrons. The Bertz CT molecular complexity index is 574. The molecule has 0 fully saturated rings. The normalized spacial score (nSPS) is 11.4. The van der Waals surface area contributed by atoms with Crippen LogP contribution in [0.2, 0.25) is 0 Å². The van der Waals surface area contributed by atoms with Crippen molar-refractivity contribution in [2.75, 3.05) is 12.4 Å². The van der Waals surface area contributed by atoms with Crippen LogP contribution in [-0.4, -0.2) is 17.0 Å². The number of hydrogen-bond donors (Lipinski definition) is 1. The van der Waals surface area contributed by atoms with Crippen molar-refractivity contribution >= 4 is 21.7 Å². The molecule has 4 heteroatoms. The summed E-state index contributed by atoms with van der Waals surface area (Å²) in [7, 11) is 1.87. The maximum Gasteiger partial charge on any atom is 0.144 e. The van der Waals surface area contributed by atoms with Crippen LogP contribution in [0.15, 0.2) is 34.8 Å². The Morgan fingerprint density at radius 1 is 1.05 bits per heavy atom. The minimum Gasteiger partial charge on any atom is -0.372 e. The Kier molecular flexibility index (Phi) is 3.90. The van der Waals surface area contributed by atoms with E-state index in [1.165, 1.54) is 0 Å². The van der Waals surface area contributed by atoms with E-state index in [0.29, 0.717) is 0 Å². The number of rotatable bonds is 2. The van der Waals surface area contributed by atoms with Gasteiger partial charge >= 0.3 is 0 Å². The zero-order valence-corrected chi connectivity index (χ0v) is 13.2. The van der Waals surface area contributed by atoms with Gasteiger partial charge in [0.05, 0.1) is 10.2 Å². The molecule has 1 heterocycles. The summed E-state index contributed by atoms with van der Waals surface area (Å²) in [6.07, 6.45) is 0. The lowest BCUT2D eigenvalue weighted by Gasteiger charge is -2.19. The highest BCUT2D eigenvalue weighted by atomic mass is 79.9. The van der Waals surface area contributed by atoms with E-state index < -0.39 is 0 Å². The standard InChI is InChI=1S/C15H18BrN3/c1-15(2,3)14-18-12(10-8-6-5-7-9-10)11(16)13(17-4)19-14/h5-9H,1-4H3,(H,17,18,19). The number of halogens is 1. The van der Waals surface area contributed by atoms with Gasteiger partial charge in [-0.25, -0.2) is 9.97 Å². The van der Waals surface area contributed by atoms with E-state index in [-0.39, 0.29) is 5.41 Å². The largest absolute Gasteiger partial charge is 0.372 e. The minimum atomic E-state index is -0.0875. The number of aromatic nitrogens is 2. The average molecular weight is 320 g/mol. The molecule has 0 aliphatic carbocycles. The van der Waals surface area contributed by atoms with E-state index in [2.05, 4.69) is 59.1 Å². The zero-order valence-electron chi connectivity index (χ0n) is 11.7. The van der Waals surface area contributed by atoms with E-state index in [1.807, 2.05) is 25.2 Å². The van der Waals surface area contributed by atoms with Crippen molar-refractivity contribution in [3.63, 3.8) is 0 Å². The van der Waals surface area contributed by atoms with Crippen LogP contribution in [0.5, 0.6) is 0 Å². The van der Waals surface area contributed by atoms with Crippen LogP contribution < -0.4 is 5.32 Å². The van der Waals surface area contributed by atoms with Crippen LogP contribution in [0.4, 0.5) is 5.82 Å². The highest BCUT2D eigenvalue weighted by Crippen LogP contribution is 2.33. The van der Waals surface area contributed by atoms with Gasteiger partial charge in [-0.15, -0.1) is 0 Å². The van der Waals surface area contributed by atoms with Gasteiger partial charge in [0.25, 0.3) is 0 Å². The van der Waals surface area contributed by atoms with Crippen molar-refractivity contribution < 1.29 is 0 Å². The second-order valence-corrected chi connectivity index (χ2v) is 6.22. The fourth-order valence-corrected chi connectivity index (χ4v) is 2.34.